The van der Waals surface area contributed by atoms with Crippen LogP contribution in [0, 0.1) is 13.8 Å². The van der Waals surface area contributed by atoms with Gasteiger partial charge in [-0.25, -0.2) is 4.98 Å². The number of carbonyl (C=O) groups is 3. The molecule has 1 unspecified atom stereocenters. The number of aryl methyl sites for hydroxylation is 2. The number of benzene rings is 2. The highest BCUT2D eigenvalue weighted by Crippen LogP contribution is 2.32. The summed E-state index contributed by atoms with van der Waals surface area (Å²) in [5.41, 5.74) is 3.61. The van der Waals surface area contributed by atoms with Gasteiger partial charge in [0.25, 0.3) is 0 Å². The molecule has 3 aromatic rings. The minimum Gasteiger partial charge on any atom is -0.481 e. The Bertz CT molecular complexity index is 1160. The number of anilines is 2. The number of hydrogen-bond donors (Lipinski definition) is 3. The fourth-order valence-corrected chi connectivity index (χ4v) is 4.75. The van der Waals surface area contributed by atoms with Crippen molar-refractivity contribution in [2.75, 3.05) is 10.6 Å². The van der Waals surface area contributed by atoms with E-state index in [0.717, 1.165) is 21.0 Å². The Balaban J connectivity index is 1.60. The van der Waals surface area contributed by atoms with E-state index in [2.05, 4.69) is 15.6 Å². The topological polar surface area (TPSA) is 108 Å². The zero-order valence-corrected chi connectivity index (χ0v) is 20.2. The number of carbonyl (C=O) groups excluding carboxylic acids is 2. The third-order valence-corrected chi connectivity index (χ3v) is 6.70. The van der Waals surface area contributed by atoms with Gasteiger partial charge in [-0.1, -0.05) is 35.9 Å². The van der Waals surface area contributed by atoms with E-state index >= 15 is 0 Å². The number of carboxylic acids is 1. The van der Waals surface area contributed by atoms with Crippen molar-refractivity contribution in [3.63, 3.8) is 0 Å². The van der Waals surface area contributed by atoms with Crippen LogP contribution in [-0.4, -0.2) is 33.1 Å². The van der Waals surface area contributed by atoms with E-state index in [1.54, 1.807) is 25.1 Å². The second kappa shape index (κ2) is 11.1. The van der Waals surface area contributed by atoms with Crippen molar-refractivity contribution < 1.29 is 19.5 Å². The van der Waals surface area contributed by atoms with Crippen LogP contribution < -0.4 is 10.6 Å². The molecule has 33 heavy (non-hydrogen) atoms. The third kappa shape index (κ3) is 7.16. The summed E-state index contributed by atoms with van der Waals surface area (Å²) in [6.45, 7) is 5.82. The fourth-order valence-electron chi connectivity index (χ4n) is 2.98. The fraction of sp³-hybridized carbons (Fsp3) is 0.250. The molecule has 0 aliphatic carbocycles. The van der Waals surface area contributed by atoms with Crippen molar-refractivity contribution in [1.82, 2.24) is 4.98 Å². The van der Waals surface area contributed by atoms with Crippen LogP contribution in [0.4, 0.5) is 10.8 Å². The molecule has 2 aromatic carbocycles. The van der Waals surface area contributed by atoms with Crippen LogP contribution in [0.3, 0.4) is 0 Å². The molecule has 1 atom stereocenters. The van der Waals surface area contributed by atoms with Crippen LogP contribution in [0.25, 0.3) is 11.3 Å². The summed E-state index contributed by atoms with van der Waals surface area (Å²) >= 11 is 2.80. The highest BCUT2D eigenvalue weighted by Gasteiger charge is 2.18. The molecule has 0 fully saturated rings. The summed E-state index contributed by atoms with van der Waals surface area (Å²) in [5, 5.41) is 14.4. The molecular formula is C24H25N3O4S2. The molecule has 0 aliphatic heterocycles. The van der Waals surface area contributed by atoms with Crippen molar-refractivity contribution in [2.24, 2.45) is 0 Å². The summed E-state index contributed by atoms with van der Waals surface area (Å²) in [7, 11) is 0. The van der Waals surface area contributed by atoms with Gasteiger partial charge in [0.05, 0.1) is 17.4 Å². The maximum absolute atomic E-state index is 12.7. The van der Waals surface area contributed by atoms with Gasteiger partial charge in [0.2, 0.25) is 11.8 Å². The monoisotopic (exact) mass is 483 g/mol. The smallest absolute Gasteiger partial charge is 0.303 e. The first-order chi connectivity index (χ1) is 15.7. The highest BCUT2D eigenvalue weighted by molar-refractivity contribution is 8.00. The molecular weight excluding hydrogens is 458 g/mol. The number of carboxylic acid groups (broad SMARTS) is 1. The minimum absolute atomic E-state index is 0.0939. The average Bonchev–Trinajstić information content (AvgIpc) is 3.13. The SMILES string of the molecule is Cc1ccc(-c2nc(NC(=O)C(C)Sc3cccc(NC(=O)CCC(=O)O)c3)sc2C)cc1. The number of nitrogens with one attached hydrogen (secondary N) is 2. The van der Waals surface area contributed by atoms with Crippen LogP contribution in [0.5, 0.6) is 0 Å². The van der Waals surface area contributed by atoms with E-state index < -0.39 is 11.2 Å². The molecule has 0 saturated carbocycles. The lowest BCUT2D eigenvalue weighted by Gasteiger charge is -2.12. The third-order valence-electron chi connectivity index (χ3n) is 4.72. The van der Waals surface area contributed by atoms with Gasteiger partial charge < -0.3 is 15.7 Å². The number of aliphatic carboxylic acids is 1. The molecule has 0 aliphatic rings. The van der Waals surface area contributed by atoms with Crippen molar-refractivity contribution >= 4 is 51.7 Å². The Kier molecular flexibility index (Phi) is 8.24. The van der Waals surface area contributed by atoms with Crippen molar-refractivity contribution in [3.05, 3.63) is 59.0 Å². The number of hydrogen-bond acceptors (Lipinski definition) is 6. The Morgan fingerprint density at radius 1 is 1.06 bits per heavy atom. The standard InChI is InChI=1S/C24H25N3O4S2/c1-14-7-9-17(10-8-14)22-15(2)33-24(26-22)27-23(31)16(3)32-19-6-4-5-18(13-19)25-20(28)11-12-21(29)30/h4-10,13,16H,11-12H2,1-3H3,(H,25,28)(H,29,30)(H,26,27,31). The number of amides is 2. The summed E-state index contributed by atoms with van der Waals surface area (Å²) in [6, 6.07) is 15.2. The number of thiazole rings is 1. The van der Waals surface area contributed by atoms with E-state index in [4.69, 9.17) is 5.11 Å². The Morgan fingerprint density at radius 3 is 2.48 bits per heavy atom. The molecule has 3 N–H and O–H groups in total. The quantitative estimate of drug-likeness (QED) is 0.354. The Hall–Kier alpha value is -3.17. The van der Waals surface area contributed by atoms with E-state index in [-0.39, 0.29) is 24.7 Å². The zero-order chi connectivity index (χ0) is 24.0. The van der Waals surface area contributed by atoms with Crippen molar-refractivity contribution in [2.45, 2.75) is 43.8 Å². The van der Waals surface area contributed by atoms with Gasteiger partial charge in [-0.05, 0) is 39.0 Å². The lowest BCUT2D eigenvalue weighted by molar-refractivity contribution is -0.138. The maximum Gasteiger partial charge on any atom is 0.303 e. The molecule has 1 aromatic heterocycles. The average molecular weight is 484 g/mol. The van der Waals surface area contributed by atoms with E-state index in [1.807, 2.05) is 44.2 Å². The van der Waals surface area contributed by atoms with E-state index in [9.17, 15) is 14.4 Å². The summed E-state index contributed by atoms with van der Waals surface area (Å²) in [6.07, 6.45) is -0.317. The van der Waals surface area contributed by atoms with E-state index in [0.29, 0.717) is 10.8 Å². The van der Waals surface area contributed by atoms with Gasteiger partial charge in [0, 0.05) is 27.4 Å². The molecule has 0 bridgehead atoms. The van der Waals surface area contributed by atoms with Gasteiger partial charge in [0.1, 0.15) is 0 Å². The highest BCUT2D eigenvalue weighted by atomic mass is 32.2. The molecule has 2 amide bonds. The molecule has 1 heterocycles. The van der Waals surface area contributed by atoms with Gasteiger partial charge >= 0.3 is 5.97 Å². The predicted molar refractivity (Wildman–Crippen MR) is 133 cm³/mol. The van der Waals surface area contributed by atoms with Crippen LogP contribution >= 0.6 is 23.1 Å². The van der Waals surface area contributed by atoms with Gasteiger partial charge in [-0.3, -0.25) is 14.4 Å². The van der Waals surface area contributed by atoms with Crippen LogP contribution in [0.15, 0.2) is 53.4 Å². The molecule has 172 valence electrons. The number of aromatic nitrogens is 1. The Labute approximate surface area is 200 Å². The summed E-state index contributed by atoms with van der Waals surface area (Å²) in [5.74, 6) is -1.55. The lowest BCUT2D eigenvalue weighted by atomic mass is 10.1. The maximum atomic E-state index is 12.7. The largest absolute Gasteiger partial charge is 0.481 e. The molecule has 0 saturated heterocycles. The molecule has 9 heteroatoms. The van der Waals surface area contributed by atoms with E-state index in [1.165, 1.54) is 28.7 Å². The first-order valence-electron chi connectivity index (χ1n) is 10.3. The number of rotatable bonds is 9. The van der Waals surface area contributed by atoms with Crippen LogP contribution in [0.2, 0.25) is 0 Å². The first kappa shape index (κ1) is 24.5. The number of thioether (sulfide) groups is 1. The van der Waals surface area contributed by atoms with Gasteiger partial charge in [-0.2, -0.15) is 0 Å². The Morgan fingerprint density at radius 2 is 1.79 bits per heavy atom. The zero-order valence-electron chi connectivity index (χ0n) is 18.5. The van der Waals surface area contributed by atoms with Gasteiger partial charge in [0.15, 0.2) is 5.13 Å². The number of nitrogens with zero attached hydrogens (tertiary/aromatic N) is 1. The second-order valence-electron chi connectivity index (χ2n) is 7.51. The predicted octanol–water partition coefficient (Wildman–Crippen LogP) is 5.35. The molecule has 0 radical (unpaired) electrons. The van der Waals surface area contributed by atoms with Crippen molar-refractivity contribution in [1.29, 1.82) is 0 Å². The first-order valence-corrected chi connectivity index (χ1v) is 12.0. The van der Waals surface area contributed by atoms with Crippen LogP contribution in [-0.2, 0) is 14.4 Å². The molecule has 7 nitrogen and oxygen atoms in total. The normalized spacial score (nSPS) is 11.6. The van der Waals surface area contributed by atoms with Crippen LogP contribution in [0.1, 0.15) is 30.2 Å². The minimum atomic E-state index is -1.02. The lowest BCUT2D eigenvalue weighted by Crippen LogP contribution is -2.22. The molecule has 0 spiro atoms. The summed E-state index contributed by atoms with van der Waals surface area (Å²) < 4.78 is 0. The second-order valence-corrected chi connectivity index (χ2v) is 10.1. The summed E-state index contributed by atoms with van der Waals surface area (Å²) in [4.78, 5) is 41.6. The van der Waals surface area contributed by atoms with Gasteiger partial charge in [-0.15, -0.1) is 23.1 Å². The molecule has 3 rings (SSSR count). The van der Waals surface area contributed by atoms with Crippen molar-refractivity contribution in [3.8, 4) is 11.3 Å².